The molecule has 0 aliphatic rings. The fourth-order valence-corrected chi connectivity index (χ4v) is 2.86. The van der Waals surface area contributed by atoms with Gasteiger partial charge >= 0.3 is 0 Å². The summed E-state index contributed by atoms with van der Waals surface area (Å²) in [5, 5.41) is 0. The molecule has 6 heteroatoms. The predicted molar refractivity (Wildman–Crippen MR) is 139 cm³/mol. The van der Waals surface area contributed by atoms with Crippen LogP contribution in [0, 0.1) is 0 Å². The fraction of sp³-hybridized carbons (Fsp3) is 0.643. The first kappa shape index (κ1) is 30.3. The van der Waals surface area contributed by atoms with Crippen molar-refractivity contribution in [2.24, 2.45) is 0 Å². The van der Waals surface area contributed by atoms with Crippen molar-refractivity contribution in [1.82, 2.24) is 0 Å². The number of hydrogen-bond donors (Lipinski definition) is 0. The molecule has 0 heterocycles. The van der Waals surface area contributed by atoms with Crippen molar-refractivity contribution in [2.75, 3.05) is 72.7 Å². The van der Waals surface area contributed by atoms with Gasteiger partial charge in [-0.2, -0.15) is 0 Å². The van der Waals surface area contributed by atoms with Crippen LogP contribution in [0.15, 0.2) is 37.1 Å². The van der Waals surface area contributed by atoms with Crippen LogP contribution >= 0.6 is 0 Å². The summed E-state index contributed by atoms with van der Waals surface area (Å²) in [5.41, 5.74) is 4.19. The van der Waals surface area contributed by atoms with Crippen LogP contribution in [0.3, 0.4) is 0 Å². The maximum absolute atomic E-state index is 5.67. The largest absolute Gasteiger partial charge is 0.498 e. The van der Waals surface area contributed by atoms with Crippen LogP contribution in [0.4, 0.5) is 0 Å². The van der Waals surface area contributed by atoms with Crippen molar-refractivity contribution < 1.29 is 28.4 Å². The van der Waals surface area contributed by atoms with Crippen LogP contribution in [-0.4, -0.2) is 72.7 Å². The van der Waals surface area contributed by atoms with E-state index in [0.29, 0.717) is 59.5 Å². The Balaban J connectivity index is 2.13. The molecule has 0 saturated heterocycles. The predicted octanol–water partition coefficient (Wildman–Crippen LogP) is 5.76. The van der Waals surface area contributed by atoms with E-state index in [-0.39, 0.29) is 0 Å². The highest BCUT2D eigenvalue weighted by atomic mass is 16.5. The van der Waals surface area contributed by atoms with E-state index in [0.717, 1.165) is 61.2 Å². The first-order valence-corrected chi connectivity index (χ1v) is 12.6. The average Bonchev–Trinajstić information content (AvgIpc) is 2.86. The van der Waals surface area contributed by atoms with Gasteiger partial charge in [0.2, 0.25) is 0 Å². The lowest BCUT2D eigenvalue weighted by atomic mass is 10.0. The van der Waals surface area contributed by atoms with Crippen molar-refractivity contribution in [3.63, 3.8) is 0 Å². The molecular weight excluding hydrogens is 432 g/mol. The van der Waals surface area contributed by atoms with Crippen LogP contribution in [0.2, 0.25) is 0 Å². The monoisotopic (exact) mass is 478 g/mol. The van der Waals surface area contributed by atoms with Crippen LogP contribution in [0.5, 0.6) is 0 Å². The summed E-state index contributed by atoms with van der Waals surface area (Å²) in [6, 6.07) is 8.26. The molecule has 34 heavy (non-hydrogen) atoms. The van der Waals surface area contributed by atoms with Gasteiger partial charge in [0.05, 0.1) is 59.1 Å². The first-order valence-electron chi connectivity index (χ1n) is 12.6. The van der Waals surface area contributed by atoms with Gasteiger partial charge in [-0.3, -0.25) is 0 Å². The van der Waals surface area contributed by atoms with Gasteiger partial charge in [0.15, 0.2) is 0 Å². The van der Waals surface area contributed by atoms with Gasteiger partial charge in [-0.15, -0.1) is 0 Å². The van der Waals surface area contributed by atoms with Crippen molar-refractivity contribution in [3.05, 3.63) is 48.2 Å². The number of unbranched alkanes of at least 4 members (excludes halogenated alkanes) is 2. The van der Waals surface area contributed by atoms with Gasteiger partial charge in [-0.05, 0) is 42.0 Å². The quantitative estimate of drug-likeness (QED) is 0.147. The SMILES string of the molecule is C=C(COCCOCCOCCCC)c1ccc(C(C)=COCCOCCOCCCC)cc1. The van der Waals surface area contributed by atoms with E-state index in [4.69, 9.17) is 28.4 Å². The molecule has 1 aromatic carbocycles. The maximum Gasteiger partial charge on any atom is 0.111 e. The van der Waals surface area contributed by atoms with Gasteiger partial charge in [0, 0.05) is 13.2 Å². The number of allylic oxidation sites excluding steroid dienone is 1. The van der Waals surface area contributed by atoms with Gasteiger partial charge in [-0.25, -0.2) is 0 Å². The molecule has 6 nitrogen and oxygen atoms in total. The topological polar surface area (TPSA) is 55.4 Å². The Morgan fingerprint density at radius 2 is 1.09 bits per heavy atom. The number of hydrogen-bond acceptors (Lipinski definition) is 6. The summed E-state index contributed by atoms with van der Waals surface area (Å²) in [7, 11) is 0. The Labute approximate surface area is 207 Å². The zero-order chi connectivity index (χ0) is 24.7. The molecule has 0 atom stereocenters. The Bertz CT molecular complexity index is 641. The summed E-state index contributed by atoms with van der Waals surface area (Å²) in [6.07, 6.45) is 6.28. The summed E-state index contributed by atoms with van der Waals surface area (Å²) < 4.78 is 33.2. The molecule has 0 aliphatic heterocycles. The fourth-order valence-electron chi connectivity index (χ4n) is 2.86. The minimum Gasteiger partial charge on any atom is -0.498 e. The van der Waals surface area contributed by atoms with Crippen LogP contribution in [-0.2, 0) is 28.4 Å². The lowest BCUT2D eigenvalue weighted by Crippen LogP contribution is -2.10. The normalized spacial score (nSPS) is 11.7. The molecule has 194 valence electrons. The Morgan fingerprint density at radius 3 is 1.62 bits per heavy atom. The molecule has 0 N–H and O–H groups in total. The molecule has 1 rings (SSSR count). The van der Waals surface area contributed by atoms with Crippen molar-refractivity contribution in [2.45, 2.75) is 46.5 Å². The molecule has 0 aromatic heterocycles. The van der Waals surface area contributed by atoms with Gasteiger partial charge in [-0.1, -0.05) is 57.5 Å². The molecule has 0 amide bonds. The Hall–Kier alpha value is -1.70. The lowest BCUT2D eigenvalue weighted by molar-refractivity contribution is 0.0198. The van der Waals surface area contributed by atoms with E-state index in [1.165, 1.54) is 0 Å². The second kappa shape index (κ2) is 21.8. The highest BCUT2D eigenvalue weighted by Crippen LogP contribution is 2.18. The molecule has 0 aliphatic carbocycles. The maximum atomic E-state index is 5.67. The highest BCUT2D eigenvalue weighted by molar-refractivity contribution is 5.68. The third-order valence-corrected chi connectivity index (χ3v) is 5.03. The number of ether oxygens (including phenoxy) is 6. The minimum atomic E-state index is 0.483. The Morgan fingerprint density at radius 1 is 0.647 bits per heavy atom. The van der Waals surface area contributed by atoms with E-state index in [1.54, 1.807) is 6.26 Å². The van der Waals surface area contributed by atoms with Gasteiger partial charge in [0.25, 0.3) is 0 Å². The zero-order valence-electron chi connectivity index (χ0n) is 21.6. The smallest absolute Gasteiger partial charge is 0.111 e. The summed E-state index contributed by atoms with van der Waals surface area (Å²) in [5.74, 6) is 0. The minimum absolute atomic E-state index is 0.483. The lowest BCUT2D eigenvalue weighted by Gasteiger charge is -2.10. The summed E-state index contributed by atoms with van der Waals surface area (Å²) in [4.78, 5) is 0. The Kier molecular flexibility index (Phi) is 19.5. The summed E-state index contributed by atoms with van der Waals surface area (Å²) >= 11 is 0. The van der Waals surface area contributed by atoms with Crippen molar-refractivity contribution in [3.8, 4) is 0 Å². The van der Waals surface area contributed by atoms with Crippen molar-refractivity contribution in [1.29, 1.82) is 0 Å². The van der Waals surface area contributed by atoms with Crippen LogP contribution in [0.1, 0.15) is 57.6 Å². The summed E-state index contributed by atoms with van der Waals surface area (Å²) in [6.45, 7) is 17.2. The van der Waals surface area contributed by atoms with Crippen molar-refractivity contribution >= 4 is 11.1 Å². The highest BCUT2D eigenvalue weighted by Gasteiger charge is 2.02. The van der Waals surface area contributed by atoms with E-state index >= 15 is 0 Å². The van der Waals surface area contributed by atoms with E-state index in [1.807, 2.05) is 6.92 Å². The second-order valence-corrected chi connectivity index (χ2v) is 8.06. The second-order valence-electron chi connectivity index (χ2n) is 8.06. The molecule has 0 bridgehead atoms. The van der Waals surface area contributed by atoms with Gasteiger partial charge in [0.1, 0.15) is 6.61 Å². The van der Waals surface area contributed by atoms with E-state index in [9.17, 15) is 0 Å². The van der Waals surface area contributed by atoms with E-state index < -0.39 is 0 Å². The zero-order valence-corrected chi connectivity index (χ0v) is 21.6. The van der Waals surface area contributed by atoms with Crippen LogP contribution < -0.4 is 0 Å². The van der Waals surface area contributed by atoms with E-state index in [2.05, 4.69) is 44.7 Å². The molecular formula is C28H46O6. The van der Waals surface area contributed by atoms with Gasteiger partial charge < -0.3 is 28.4 Å². The molecule has 1 aromatic rings. The average molecular weight is 479 g/mol. The third-order valence-electron chi connectivity index (χ3n) is 5.03. The molecule has 0 spiro atoms. The molecule has 0 unspecified atom stereocenters. The van der Waals surface area contributed by atoms with Crippen LogP contribution in [0.25, 0.3) is 11.1 Å². The molecule has 0 saturated carbocycles. The first-order chi connectivity index (χ1) is 16.7. The molecule has 0 radical (unpaired) electrons. The molecule has 0 fully saturated rings. The third kappa shape index (κ3) is 16.0. The number of rotatable bonds is 23. The number of benzene rings is 1. The standard InChI is InChI=1S/C28H46O6/c1-5-7-13-29-15-17-31-19-21-33-23-25(3)27-9-11-28(12-10-27)26(4)24-34-22-20-32-18-16-30-14-8-6-2/h9-12,24H,3,5-8,13-23H2,1-2,4H3.